The molecule has 1 spiro atoms. The molecule has 0 radical (unpaired) electrons. The molecule has 0 saturated carbocycles. The third-order valence-corrected chi connectivity index (χ3v) is 8.99. The topological polar surface area (TPSA) is 132 Å². The van der Waals surface area contributed by atoms with Gasteiger partial charge in [-0.1, -0.05) is 42.5 Å². The van der Waals surface area contributed by atoms with E-state index >= 15 is 0 Å². The van der Waals surface area contributed by atoms with Gasteiger partial charge in [0, 0.05) is 55.5 Å². The van der Waals surface area contributed by atoms with Crippen molar-refractivity contribution in [3.63, 3.8) is 0 Å². The van der Waals surface area contributed by atoms with Crippen LogP contribution in [0.1, 0.15) is 28.8 Å². The Morgan fingerprint density at radius 2 is 1.71 bits per heavy atom. The van der Waals surface area contributed by atoms with Gasteiger partial charge in [-0.2, -0.15) is 0 Å². The van der Waals surface area contributed by atoms with Crippen molar-refractivity contribution >= 4 is 34.4 Å². The number of nitrogens with one attached hydrogen (secondary N) is 2. The van der Waals surface area contributed by atoms with Gasteiger partial charge >= 0.3 is 6.09 Å². The number of nitrogens with zero attached hydrogens (tertiary/aromatic N) is 3. The molecule has 6 rings (SSSR count). The van der Waals surface area contributed by atoms with Crippen LogP contribution >= 0.6 is 11.3 Å². The minimum absolute atomic E-state index is 0.0421. The summed E-state index contributed by atoms with van der Waals surface area (Å²) in [5.41, 5.74) is 1.93. The summed E-state index contributed by atoms with van der Waals surface area (Å²) in [4.78, 5) is 47.8. The van der Waals surface area contributed by atoms with Crippen molar-refractivity contribution in [1.82, 2.24) is 20.1 Å². The van der Waals surface area contributed by atoms with Crippen molar-refractivity contribution in [2.75, 3.05) is 64.5 Å². The molecule has 3 fully saturated rings. The van der Waals surface area contributed by atoms with Gasteiger partial charge in [0.05, 0.1) is 38.7 Å². The maximum Gasteiger partial charge on any atom is 0.413 e. The number of morpholine rings is 1. The molecule has 45 heavy (non-hydrogen) atoms. The fourth-order valence-electron chi connectivity index (χ4n) is 5.71. The summed E-state index contributed by atoms with van der Waals surface area (Å²) in [6.07, 6.45) is 0.282. The van der Waals surface area contributed by atoms with Crippen molar-refractivity contribution in [1.29, 1.82) is 0 Å². The van der Waals surface area contributed by atoms with E-state index in [0.717, 1.165) is 44.0 Å². The lowest BCUT2D eigenvalue weighted by atomic mass is 10.0. The third kappa shape index (κ3) is 7.51. The van der Waals surface area contributed by atoms with Crippen LogP contribution in [0.25, 0.3) is 11.3 Å². The lowest BCUT2D eigenvalue weighted by molar-refractivity contribution is -0.140. The average Bonchev–Trinajstić information content (AvgIpc) is 3.70. The van der Waals surface area contributed by atoms with Crippen LogP contribution in [0.2, 0.25) is 0 Å². The Morgan fingerprint density at radius 1 is 0.978 bits per heavy atom. The van der Waals surface area contributed by atoms with Crippen molar-refractivity contribution in [3.8, 4) is 11.3 Å². The number of aromatic nitrogens is 1. The van der Waals surface area contributed by atoms with Gasteiger partial charge < -0.3 is 29.6 Å². The number of ether oxygens (including phenoxy) is 4. The van der Waals surface area contributed by atoms with Gasteiger partial charge in [0.15, 0.2) is 10.9 Å². The highest BCUT2D eigenvalue weighted by Gasteiger charge is 2.54. The molecule has 4 heterocycles. The highest BCUT2D eigenvalue weighted by atomic mass is 32.1. The second kappa shape index (κ2) is 14.5. The van der Waals surface area contributed by atoms with E-state index in [2.05, 4.69) is 20.5 Å². The van der Waals surface area contributed by atoms with Crippen LogP contribution in [0, 0.1) is 0 Å². The second-order valence-electron chi connectivity index (χ2n) is 11.1. The first kappa shape index (κ1) is 31.1. The first-order valence-corrected chi connectivity index (χ1v) is 16.1. The van der Waals surface area contributed by atoms with Gasteiger partial charge in [0.25, 0.3) is 11.8 Å². The van der Waals surface area contributed by atoms with Gasteiger partial charge in [-0.25, -0.2) is 9.78 Å². The fraction of sp³-hybridized carbons (Fsp3) is 0.438. The minimum atomic E-state index is -0.960. The largest absolute Gasteiger partial charge is 0.444 e. The van der Waals surface area contributed by atoms with Crippen LogP contribution in [0.4, 0.5) is 9.93 Å². The normalized spacial score (nSPS) is 19.7. The highest BCUT2D eigenvalue weighted by molar-refractivity contribution is 7.14. The maximum atomic E-state index is 13.5. The van der Waals surface area contributed by atoms with Gasteiger partial charge in [-0.3, -0.25) is 19.4 Å². The van der Waals surface area contributed by atoms with Crippen LogP contribution in [0.15, 0.2) is 60.0 Å². The SMILES string of the molecule is O=C(NCCN1CCOCC1)c1ccc(-c2csc(NC(=O)[C@@H]3COC4(CCOCC4)N3C(=O)OCc3ccccc3)n2)cc1. The summed E-state index contributed by atoms with van der Waals surface area (Å²) in [5.74, 6) is -0.533. The van der Waals surface area contributed by atoms with Crippen LogP contribution in [-0.4, -0.2) is 104 Å². The molecule has 0 aliphatic carbocycles. The monoisotopic (exact) mass is 635 g/mol. The number of carbonyl (C=O) groups excluding carboxylic acids is 3. The summed E-state index contributed by atoms with van der Waals surface area (Å²) in [5, 5.41) is 8.07. The molecule has 0 unspecified atom stereocenters. The van der Waals surface area contributed by atoms with E-state index in [1.165, 1.54) is 16.2 Å². The van der Waals surface area contributed by atoms with E-state index in [9.17, 15) is 14.4 Å². The van der Waals surface area contributed by atoms with E-state index in [1.807, 2.05) is 47.8 Å². The first-order valence-electron chi connectivity index (χ1n) is 15.2. The Labute approximate surface area is 265 Å². The van der Waals surface area contributed by atoms with Gasteiger partial charge in [-0.05, 0) is 17.7 Å². The molecule has 3 amide bonds. The average molecular weight is 636 g/mol. The Hall–Kier alpha value is -3.88. The van der Waals surface area contributed by atoms with Crippen molar-refractivity contribution in [2.45, 2.75) is 31.2 Å². The predicted octanol–water partition coefficient (Wildman–Crippen LogP) is 3.35. The summed E-state index contributed by atoms with van der Waals surface area (Å²) < 4.78 is 22.6. The number of benzene rings is 2. The van der Waals surface area contributed by atoms with Gasteiger partial charge in [-0.15, -0.1) is 11.3 Å². The first-order chi connectivity index (χ1) is 22.0. The molecule has 3 aliphatic heterocycles. The number of thiazole rings is 1. The lowest BCUT2D eigenvalue weighted by Gasteiger charge is -2.40. The molecule has 238 valence electrons. The van der Waals surface area contributed by atoms with Crippen LogP contribution in [0.5, 0.6) is 0 Å². The zero-order valence-corrected chi connectivity index (χ0v) is 25.8. The molecule has 13 heteroatoms. The Morgan fingerprint density at radius 3 is 2.47 bits per heavy atom. The van der Waals surface area contributed by atoms with E-state index in [-0.39, 0.29) is 19.1 Å². The summed E-state index contributed by atoms with van der Waals surface area (Å²) >= 11 is 1.28. The molecule has 0 bridgehead atoms. The molecule has 1 atom stereocenters. The molecule has 2 N–H and O–H groups in total. The summed E-state index contributed by atoms with van der Waals surface area (Å²) in [6.45, 7) is 5.53. The number of rotatable bonds is 9. The molecule has 3 aliphatic rings. The molecule has 3 aromatic rings. The quantitative estimate of drug-likeness (QED) is 0.364. The van der Waals surface area contributed by atoms with E-state index in [1.54, 1.807) is 12.1 Å². The molecule has 3 saturated heterocycles. The van der Waals surface area contributed by atoms with Crippen molar-refractivity contribution in [3.05, 3.63) is 71.1 Å². The lowest BCUT2D eigenvalue weighted by Crippen LogP contribution is -2.56. The number of hydrogen-bond acceptors (Lipinski definition) is 10. The highest BCUT2D eigenvalue weighted by Crippen LogP contribution is 2.38. The zero-order valence-electron chi connectivity index (χ0n) is 24.9. The Balaban J connectivity index is 1.06. The van der Waals surface area contributed by atoms with Gasteiger partial charge in [0.2, 0.25) is 0 Å². The van der Waals surface area contributed by atoms with Crippen LogP contribution in [0.3, 0.4) is 0 Å². The smallest absolute Gasteiger partial charge is 0.413 e. The molecular formula is C32H37N5O7S. The van der Waals surface area contributed by atoms with Gasteiger partial charge in [0.1, 0.15) is 12.6 Å². The van der Waals surface area contributed by atoms with E-state index in [0.29, 0.717) is 49.0 Å². The third-order valence-electron chi connectivity index (χ3n) is 8.23. The molecule has 1 aromatic heterocycles. The maximum absolute atomic E-state index is 13.5. The number of anilines is 1. The summed E-state index contributed by atoms with van der Waals surface area (Å²) in [7, 11) is 0. The van der Waals surface area contributed by atoms with E-state index < -0.39 is 23.8 Å². The zero-order chi connectivity index (χ0) is 31.1. The standard InChI is InChI=1S/C32H37N5O7S/c38-28(33-12-13-36-14-18-42-19-15-36)25-8-6-24(7-9-25)26-22-45-30(34-26)35-29(39)27-21-44-32(10-16-41-17-11-32)37(27)31(40)43-20-23-4-2-1-3-5-23/h1-9,22,27H,10-21H2,(H,33,38)(H,34,35,39)/t27-/m0/s1. The Kier molecular flexibility index (Phi) is 10.0. The molecular weight excluding hydrogens is 598 g/mol. The minimum Gasteiger partial charge on any atom is -0.444 e. The number of carbonyl (C=O) groups is 3. The number of amides is 3. The molecule has 12 nitrogen and oxygen atoms in total. The molecule has 2 aromatic carbocycles. The Bertz CT molecular complexity index is 1460. The van der Waals surface area contributed by atoms with Crippen molar-refractivity contribution in [2.24, 2.45) is 0 Å². The number of hydrogen-bond donors (Lipinski definition) is 2. The van der Waals surface area contributed by atoms with Crippen LogP contribution < -0.4 is 10.6 Å². The fourth-order valence-corrected chi connectivity index (χ4v) is 6.43. The predicted molar refractivity (Wildman–Crippen MR) is 167 cm³/mol. The van der Waals surface area contributed by atoms with Crippen LogP contribution in [-0.2, 0) is 30.3 Å². The van der Waals surface area contributed by atoms with E-state index in [4.69, 9.17) is 18.9 Å². The van der Waals surface area contributed by atoms with Crippen molar-refractivity contribution < 1.29 is 33.3 Å². The summed E-state index contributed by atoms with van der Waals surface area (Å²) in [6, 6.07) is 15.7. The second-order valence-corrected chi connectivity index (χ2v) is 12.0.